The molecule has 0 radical (unpaired) electrons. The average Bonchev–Trinajstić information content (AvgIpc) is 3.02. The Kier molecular flexibility index (Phi) is 4.92. The quantitative estimate of drug-likeness (QED) is 0.873. The largest absolute Gasteiger partial charge is 0.333 e. The molecular weight excluding hydrogens is 330 g/mol. The van der Waals surface area contributed by atoms with E-state index in [1.807, 2.05) is 19.1 Å². The summed E-state index contributed by atoms with van der Waals surface area (Å²) in [7, 11) is 0. The lowest BCUT2D eigenvalue weighted by Gasteiger charge is -2.04. The Bertz CT molecular complexity index is 553. The molecule has 19 heavy (non-hydrogen) atoms. The highest BCUT2D eigenvalue weighted by atomic mass is 79.9. The first-order chi connectivity index (χ1) is 9.17. The molecule has 0 atom stereocenters. The SMILES string of the molecule is CCn1ncc(CNC(=O)NCc2ccc(Br)s2)n1. The Labute approximate surface area is 123 Å². The first kappa shape index (κ1) is 14.0. The summed E-state index contributed by atoms with van der Waals surface area (Å²) in [5.74, 6) is 0. The van der Waals surface area contributed by atoms with E-state index in [4.69, 9.17) is 0 Å². The first-order valence-electron chi connectivity index (χ1n) is 5.82. The van der Waals surface area contributed by atoms with E-state index in [0.29, 0.717) is 13.1 Å². The van der Waals surface area contributed by atoms with Crippen molar-refractivity contribution in [3.8, 4) is 0 Å². The second kappa shape index (κ2) is 6.67. The molecule has 2 heterocycles. The van der Waals surface area contributed by atoms with Crippen molar-refractivity contribution >= 4 is 33.3 Å². The Morgan fingerprint density at radius 3 is 2.84 bits per heavy atom. The minimum atomic E-state index is -0.212. The maximum atomic E-state index is 11.6. The van der Waals surface area contributed by atoms with Gasteiger partial charge in [-0.15, -0.1) is 11.3 Å². The highest BCUT2D eigenvalue weighted by Gasteiger charge is 2.04. The van der Waals surface area contributed by atoms with Crippen LogP contribution in [0.2, 0.25) is 0 Å². The number of carbonyl (C=O) groups is 1. The summed E-state index contributed by atoms with van der Waals surface area (Å²) in [6, 6.07) is 3.72. The van der Waals surface area contributed by atoms with Crippen LogP contribution in [0.1, 0.15) is 17.5 Å². The first-order valence-corrected chi connectivity index (χ1v) is 7.43. The Balaban J connectivity index is 1.72. The molecule has 2 amide bonds. The molecule has 0 saturated carbocycles. The number of aryl methyl sites for hydroxylation is 1. The molecule has 0 fully saturated rings. The van der Waals surface area contributed by atoms with Crippen LogP contribution in [0, 0.1) is 0 Å². The molecule has 0 unspecified atom stereocenters. The molecule has 102 valence electrons. The van der Waals surface area contributed by atoms with E-state index in [2.05, 4.69) is 36.8 Å². The fourth-order valence-electron chi connectivity index (χ4n) is 1.41. The molecule has 8 heteroatoms. The monoisotopic (exact) mass is 343 g/mol. The highest BCUT2D eigenvalue weighted by Crippen LogP contribution is 2.21. The molecule has 0 saturated heterocycles. The van der Waals surface area contributed by atoms with Crippen molar-refractivity contribution in [1.82, 2.24) is 25.6 Å². The number of urea groups is 1. The zero-order chi connectivity index (χ0) is 13.7. The second-order valence-electron chi connectivity index (χ2n) is 3.77. The normalized spacial score (nSPS) is 10.4. The van der Waals surface area contributed by atoms with Crippen molar-refractivity contribution in [2.45, 2.75) is 26.6 Å². The predicted molar refractivity (Wildman–Crippen MR) is 76.8 cm³/mol. The van der Waals surface area contributed by atoms with Crippen LogP contribution in [0.3, 0.4) is 0 Å². The number of aromatic nitrogens is 3. The zero-order valence-electron chi connectivity index (χ0n) is 10.4. The van der Waals surface area contributed by atoms with Crippen LogP contribution in [-0.2, 0) is 19.6 Å². The summed E-state index contributed by atoms with van der Waals surface area (Å²) in [5, 5.41) is 13.7. The maximum absolute atomic E-state index is 11.6. The van der Waals surface area contributed by atoms with E-state index >= 15 is 0 Å². The lowest BCUT2D eigenvalue weighted by molar-refractivity contribution is 0.240. The molecule has 0 aromatic carbocycles. The summed E-state index contributed by atoms with van der Waals surface area (Å²) in [6.07, 6.45) is 1.65. The fraction of sp³-hybridized carbons (Fsp3) is 0.364. The van der Waals surface area contributed by atoms with E-state index in [0.717, 1.165) is 20.9 Å². The molecule has 2 rings (SSSR count). The predicted octanol–water partition coefficient (Wildman–Crippen LogP) is 2.12. The summed E-state index contributed by atoms with van der Waals surface area (Å²) < 4.78 is 1.06. The summed E-state index contributed by atoms with van der Waals surface area (Å²) in [5.41, 5.74) is 0.746. The van der Waals surface area contributed by atoms with Crippen LogP contribution in [0.25, 0.3) is 0 Å². The molecule has 6 nitrogen and oxygen atoms in total. The van der Waals surface area contributed by atoms with Gasteiger partial charge in [0.2, 0.25) is 0 Å². The second-order valence-corrected chi connectivity index (χ2v) is 6.31. The maximum Gasteiger partial charge on any atom is 0.315 e. The number of nitrogens with zero attached hydrogens (tertiary/aromatic N) is 3. The van der Waals surface area contributed by atoms with Crippen LogP contribution in [0.15, 0.2) is 22.1 Å². The van der Waals surface area contributed by atoms with E-state index in [-0.39, 0.29) is 6.03 Å². The van der Waals surface area contributed by atoms with Crippen LogP contribution >= 0.6 is 27.3 Å². The lowest BCUT2D eigenvalue weighted by Crippen LogP contribution is -2.34. The number of rotatable bonds is 5. The third kappa shape index (κ3) is 4.32. The van der Waals surface area contributed by atoms with Gasteiger partial charge in [0, 0.05) is 4.88 Å². The van der Waals surface area contributed by atoms with Crippen LogP contribution in [0.5, 0.6) is 0 Å². The third-order valence-corrected chi connectivity index (χ3v) is 3.97. The third-order valence-electron chi connectivity index (χ3n) is 2.35. The van der Waals surface area contributed by atoms with Gasteiger partial charge in [-0.05, 0) is 35.0 Å². The number of hydrogen-bond donors (Lipinski definition) is 2. The molecule has 0 spiro atoms. The van der Waals surface area contributed by atoms with Gasteiger partial charge >= 0.3 is 6.03 Å². The van der Waals surface area contributed by atoms with Gasteiger partial charge in [0.15, 0.2) is 0 Å². The van der Waals surface area contributed by atoms with E-state index in [1.165, 1.54) is 0 Å². The number of hydrogen-bond acceptors (Lipinski definition) is 4. The molecule has 2 aromatic heterocycles. The number of amides is 2. The molecule has 2 N–H and O–H groups in total. The van der Waals surface area contributed by atoms with Crippen molar-refractivity contribution in [2.75, 3.05) is 0 Å². The topological polar surface area (TPSA) is 71.8 Å². The Morgan fingerprint density at radius 2 is 2.21 bits per heavy atom. The summed E-state index contributed by atoms with van der Waals surface area (Å²) in [4.78, 5) is 14.3. The number of carbonyl (C=O) groups excluding carboxylic acids is 1. The average molecular weight is 344 g/mol. The van der Waals surface area contributed by atoms with E-state index in [1.54, 1.807) is 22.3 Å². The van der Waals surface area contributed by atoms with Gasteiger partial charge < -0.3 is 10.6 Å². The molecular formula is C11H14BrN5OS. The number of nitrogens with one attached hydrogen (secondary N) is 2. The molecule has 2 aromatic rings. The van der Waals surface area contributed by atoms with Crippen molar-refractivity contribution in [2.24, 2.45) is 0 Å². The minimum Gasteiger partial charge on any atom is -0.333 e. The summed E-state index contributed by atoms with van der Waals surface area (Å²) in [6.45, 7) is 3.58. The standard InChI is InChI=1S/C11H14BrN5OS/c1-2-17-15-6-8(16-17)5-13-11(18)14-7-9-3-4-10(12)19-9/h3-4,6H,2,5,7H2,1H3,(H2,13,14,18). The Hall–Kier alpha value is -1.41. The molecule has 0 aliphatic rings. The van der Waals surface area contributed by atoms with Gasteiger partial charge in [-0.2, -0.15) is 15.0 Å². The molecule has 0 bridgehead atoms. The number of halogens is 1. The van der Waals surface area contributed by atoms with Gasteiger partial charge in [0.05, 0.1) is 29.6 Å². The molecule has 0 aliphatic carbocycles. The fourth-order valence-corrected chi connectivity index (χ4v) is 2.84. The van der Waals surface area contributed by atoms with Crippen molar-refractivity contribution in [3.63, 3.8) is 0 Å². The van der Waals surface area contributed by atoms with Gasteiger partial charge in [-0.25, -0.2) is 4.79 Å². The van der Waals surface area contributed by atoms with Crippen molar-refractivity contribution in [3.05, 3.63) is 32.7 Å². The smallest absolute Gasteiger partial charge is 0.315 e. The van der Waals surface area contributed by atoms with Crippen LogP contribution in [0.4, 0.5) is 4.79 Å². The van der Waals surface area contributed by atoms with Crippen molar-refractivity contribution < 1.29 is 4.79 Å². The Morgan fingerprint density at radius 1 is 1.42 bits per heavy atom. The lowest BCUT2D eigenvalue weighted by atomic mass is 10.4. The molecule has 0 aliphatic heterocycles. The minimum absolute atomic E-state index is 0.212. The van der Waals surface area contributed by atoms with Crippen LogP contribution in [-0.4, -0.2) is 21.0 Å². The zero-order valence-corrected chi connectivity index (χ0v) is 12.8. The van der Waals surface area contributed by atoms with Gasteiger partial charge in [0.25, 0.3) is 0 Å². The van der Waals surface area contributed by atoms with E-state index in [9.17, 15) is 4.79 Å². The van der Waals surface area contributed by atoms with Gasteiger partial charge in [0.1, 0.15) is 5.69 Å². The number of thiophene rings is 1. The van der Waals surface area contributed by atoms with Crippen LogP contribution < -0.4 is 10.6 Å². The van der Waals surface area contributed by atoms with Gasteiger partial charge in [-0.3, -0.25) is 0 Å². The van der Waals surface area contributed by atoms with Crippen molar-refractivity contribution in [1.29, 1.82) is 0 Å². The van der Waals surface area contributed by atoms with E-state index < -0.39 is 0 Å². The highest BCUT2D eigenvalue weighted by molar-refractivity contribution is 9.11. The van der Waals surface area contributed by atoms with Gasteiger partial charge in [-0.1, -0.05) is 0 Å². The summed E-state index contributed by atoms with van der Waals surface area (Å²) >= 11 is 4.98.